The molecule has 0 aromatic heterocycles. The number of rotatable bonds is 4. The third-order valence-corrected chi connectivity index (χ3v) is 4.31. The van der Waals surface area contributed by atoms with Crippen molar-refractivity contribution in [3.05, 3.63) is 29.8 Å². The number of hydrogen-bond donors (Lipinski definition) is 1. The van der Waals surface area contributed by atoms with Crippen molar-refractivity contribution in [2.75, 3.05) is 19.0 Å². The summed E-state index contributed by atoms with van der Waals surface area (Å²) in [6.07, 6.45) is 0.935. The number of benzene rings is 1. The van der Waals surface area contributed by atoms with E-state index in [1.807, 2.05) is 0 Å². The van der Waals surface area contributed by atoms with Crippen LogP contribution in [0.1, 0.15) is 16.8 Å². The lowest BCUT2D eigenvalue weighted by molar-refractivity contribution is 0.0696. The molecule has 92 valence electrons. The zero-order valence-electron chi connectivity index (χ0n) is 9.30. The van der Waals surface area contributed by atoms with Gasteiger partial charge in [0.05, 0.1) is 23.0 Å². The van der Waals surface area contributed by atoms with E-state index in [1.54, 1.807) is 12.1 Å². The molecule has 1 heterocycles. The predicted molar refractivity (Wildman–Crippen MR) is 63.6 cm³/mol. The molecule has 17 heavy (non-hydrogen) atoms. The first kappa shape index (κ1) is 12.3. The molecule has 1 saturated heterocycles. The third kappa shape index (κ3) is 3.14. The molecule has 0 saturated carbocycles. The summed E-state index contributed by atoms with van der Waals surface area (Å²) >= 11 is 0. The molecule has 5 heteroatoms. The summed E-state index contributed by atoms with van der Waals surface area (Å²) in [5.74, 6) is -0.124. The van der Waals surface area contributed by atoms with Gasteiger partial charge in [-0.3, -0.25) is 4.21 Å². The second kappa shape index (κ2) is 5.42. The number of carboxylic acids is 1. The van der Waals surface area contributed by atoms with Gasteiger partial charge in [-0.1, -0.05) is 6.07 Å². The fourth-order valence-electron chi connectivity index (χ4n) is 1.80. The van der Waals surface area contributed by atoms with Gasteiger partial charge in [-0.25, -0.2) is 4.79 Å². The first-order chi connectivity index (χ1) is 8.16. The minimum Gasteiger partial charge on any atom is -0.478 e. The van der Waals surface area contributed by atoms with Crippen LogP contribution in [0.5, 0.6) is 0 Å². The van der Waals surface area contributed by atoms with Gasteiger partial charge in [-0.05, 0) is 30.5 Å². The fourth-order valence-corrected chi connectivity index (χ4v) is 3.17. The van der Waals surface area contributed by atoms with E-state index in [0.717, 1.165) is 13.0 Å². The van der Waals surface area contributed by atoms with Gasteiger partial charge in [0.2, 0.25) is 0 Å². The average molecular weight is 254 g/mol. The van der Waals surface area contributed by atoms with Crippen LogP contribution in [-0.2, 0) is 15.5 Å². The average Bonchev–Trinajstić information content (AvgIpc) is 2.82. The molecule has 4 nitrogen and oxygen atoms in total. The van der Waals surface area contributed by atoms with Gasteiger partial charge in [0.1, 0.15) is 0 Å². The Hall–Kier alpha value is -1.20. The molecule has 1 aliphatic rings. The van der Waals surface area contributed by atoms with E-state index >= 15 is 0 Å². The van der Waals surface area contributed by atoms with Crippen LogP contribution in [0.25, 0.3) is 0 Å². The number of ether oxygens (including phenoxy) is 1. The molecule has 0 spiro atoms. The monoisotopic (exact) mass is 254 g/mol. The molecule has 0 aliphatic carbocycles. The first-order valence-corrected chi connectivity index (χ1v) is 6.78. The largest absolute Gasteiger partial charge is 0.478 e. The summed E-state index contributed by atoms with van der Waals surface area (Å²) in [7, 11) is -1.14. The molecular weight excluding hydrogens is 240 g/mol. The van der Waals surface area contributed by atoms with E-state index in [2.05, 4.69) is 0 Å². The highest BCUT2D eigenvalue weighted by Crippen LogP contribution is 2.18. The quantitative estimate of drug-likeness (QED) is 0.885. The third-order valence-electron chi connectivity index (χ3n) is 2.75. The predicted octanol–water partition coefficient (Wildman–Crippen LogP) is 1.53. The minimum absolute atomic E-state index is 0.179. The Morgan fingerprint density at radius 2 is 2.35 bits per heavy atom. The van der Waals surface area contributed by atoms with Gasteiger partial charge in [0.15, 0.2) is 0 Å². The number of hydrogen-bond acceptors (Lipinski definition) is 3. The molecule has 0 radical (unpaired) electrons. The second-order valence-corrected chi connectivity index (χ2v) is 5.57. The van der Waals surface area contributed by atoms with E-state index in [0.29, 0.717) is 23.2 Å². The van der Waals surface area contributed by atoms with Crippen LogP contribution >= 0.6 is 0 Å². The smallest absolute Gasteiger partial charge is 0.335 e. The fraction of sp³-hybridized carbons (Fsp3) is 0.417. The molecule has 1 N–H and O–H groups in total. The lowest BCUT2D eigenvalue weighted by Gasteiger charge is -2.07. The van der Waals surface area contributed by atoms with Crippen LogP contribution in [0.4, 0.5) is 0 Å². The number of carbonyl (C=O) groups is 1. The van der Waals surface area contributed by atoms with Gasteiger partial charge in [0, 0.05) is 17.3 Å². The van der Waals surface area contributed by atoms with Crippen molar-refractivity contribution in [2.45, 2.75) is 11.3 Å². The zero-order chi connectivity index (χ0) is 12.3. The van der Waals surface area contributed by atoms with Gasteiger partial charge in [0.25, 0.3) is 0 Å². The van der Waals surface area contributed by atoms with Crippen LogP contribution < -0.4 is 0 Å². The maximum absolute atomic E-state index is 12.0. The summed E-state index contributed by atoms with van der Waals surface area (Å²) in [5, 5.41) is 8.86. The lowest BCUT2D eigenvalue weighted by Crippen LogP contribution is -2.11. The van der Waals surface area contributed by atoms with Gasteiger partial charge in [-0.2, -0.15) is 0 Å². The molecule has 1 aromatic carbocycles. The Balaban J connectivity index is 2.07. The number of carboxylic acid groups (broad SMARTS) is 1. The Bertz CT molecular complexity index is 438. The van der Waals surface area contributed by atoms with Crippen molar-refractivity contribution in [3.8, 4) is 0 Å². The van der Waals surface area contributed by atoms with Crippen LogP contribution in [0.2, 0.25) is 0 Å². The van der Waals surface area contributed by atoms with Crippen LogP contribution in [0.3, 0.4) is 0 Å². The van der Waals surface area contributed by atoms with Crippen molar-refractivity contribution in [1.29, 1.82) is 0 Å². The Kier molecular flexibility index (Phi) is 3.91. The zero-order valence-corrected chi connectivity index (χ0v) is 10.1. The molecule has 2 unspecified atom stereocenters. The van der Waals surface area contributed by atoms with Gasteiger partial charge in [-0.15, -0.1) is 0 Å². The Labute approximate surface area is 102 Å². The van der Waals surface area contributed by atoms with Crippen molar-refractivity contribution in [1.82, 2.24) is 0 Å². The molecule has 1 fully saturated rings. The van der Waals surface area contributed by atoms with Crippen molar-refractivity contribution in [3.63, 3.8) is 0 Å². The van der Waals surface area contributed by atoms with E-state index in [4.69, 9.17) is 9.84 Å². The maximum atomic E-state index is 12.0. The van der Waals surface area contributed by atoms with Gasteiger partial charge < -0.3 is 9.84 Å². The highest BCUT2D eigenvalue weighted by atomic mass is 32.2. The molecule has 1 aliphatic heterocycles. The van der Waals surface area contributed by atoms with Crippen molar-refractivity contribution in [2.24, 2.45) is 5.92 Å². The summed E-state index contributed by atoms with van der Waals surface area (Å²) in [6.45, 7) is 1.39. The standard InChI is InChI=1S/C12H14O4S/c13-12(14)10-2-1-3-11(6-10)17(15)8-9-4-5-16-7-9/h1-3,6,9H,4-5,7-8H2,(H,13,14). The minimum atomic E-state index is -1.14. The van der Waals surface area contributed by atoms with Crippen LogP contribution in [0, 0.1) is 5.92 Å². The highest BCUT2D eigenvalue weighted by molar-refractivity contribution is 7.85. The molecular formula is C12H14O4S. The first-order valence-electron chi connectivity index (χ1n) is 5.46. The molecule has 2 rings (SSSR count). The maximum Gasteiger partial charge on any atom is 0.335 e. The van der Waals surface area contributed by atoms with Crippen LogP contribution in [-0.4, -0.2) is 34.3 Å². The molecule has 2 atom stereocenters. The Morgan fingerprint density at radius 1 is 1.53 bits per heavy atom. The Morgan fingerprint density at radius 3 is 3.00 bits per heavy atom. The summed E-state index contributed by atoms with van der Waals surface area (Å²) in [5.41, 5.74) is 0.179. The topological polar surface area (TPSA) is 63.6 Å². The second-order valence-electron chi connectivity index (χ2n) is 4.07. The summed E-state index contributed by atoms with van der Waals surface area (Å²) in [4.78, 5) is 11.4. The van der Waals surface area contributed by atoms with E-state index in [-0.39, 0.29) is 5.56 Å². The lowest BCUT2D eigenvalue weighted by atomic mass is 10.2. The SMILES string of the molecule is O=C(O)c1cccc(S(=O)CC2CCOC2)c1. The molecule has 1 aromatic rings. The van der Waals surface area contributed by atoms with Crippen LogP contribution in [0.15, 0.2) is 29.2 Å². The summed E-state index contributed by atoms with van der Waals surface area (Å²) < 4.78 is 17.3. The van der Waals surface area contributed by atoms with E-state index < -0.39 is 16.8 Å². The van der Waals surface area contributed by atoms with E-state index in [9.17, 15) is 9.00 Å². The van der Waals surface area contributed by atoms with E-state index in [1.165, 1.54) is 12.1 Å². The normalized spacial score (nSPS) is 21.3. The van der Waals surface area contributed by atoms with Crippen molar-refractivity contribution < 1.29 is 18.8 Å². The van der Waals surface area contributed by atoms with Gasteiger partial charge >= 0.3 is 5.97 Å². The number of aromatic carboxylic acids is 1. The summed E-state index contributed by atoms with van der Waals surface area (Å²) in [6, 6.07) is 6.32. The molecule has 0 bridgehead atoms. The highest BCUT2D eigenvalue weighted by Gasteiger charge is 2.19. The van der Waals surface area contributed by atoms with Crippen molar-refractivity contribution >= 4 is 16.8 Å². The molecule has 0 amide bonds.